The SMILES string of the molecule is CC(C)(C)C#CCCCCN1CCN(C(C)(C)C)CC1. The molecule has 0 atom stereocenters. The van der Waals surface area contributed by atoms with Crippen molar-refractivity contribution in [2.75, 3.05) is 32.7 Å². The predicted octanol–water partition coefficient (Wildman–Crippen LogP) is 3.62. The summed E-state index contributed by atoms with van der Waals surface area (Å²) >= 11 is 0. The molecule has 0 unspecified atom stereocenters. The van der Waals surface area contributed by atoms with Crippen molar-refractivity contribution in [3.8, 4) is 11.8 Å². The molecular weight excluding hydrogens is 244 g/mol. The first-order chi connectivity index (χ1) is 9.18. The highest BCUT2D eigenvalue weighted by Gasteiger charge is 2.25. The minimum absolute atomic E-state index is 0.156. The summed E-state index contributed by atoms with van der Waals surface area (Å²) in [5.74, 6) is 6.63. The van der Waals surface area contributed by atoms with E-state index in [2.05, 4.69) is 63.2 Å². The van der Waals surface area contributed by atoms with Gasteiger partial charge in [0.2, 0.25) is 0 Å². The van der Waals surface area contributed by atoms with Gasteiger partial charge in [0.15, 0.2) is 0 Å². The van der Waals surface area contributed by atoms with E-state index in [1.165, 1.54) is 45.6 Å². The number of hydrogen-bond acceptors (Lipinski definition) is 2. The van der Waals surface area contributed by atoms with Crippen LogP contribution >= 0.6 is 0 Å². The highest BCUT2D eigenvalue weighted by molar-refractivity contribution is 5.06. The Kier molecular flexibility index (Phi) is 6.55. The maximum absolute atomic E-state index is 3.31. The van der Waals surface area contributed by atoms with E-state index in [9.17, 15) is 0 Å². The average molecular weight is 278 g/mol. The highest BCUT2D eigenvalue weighted by atomic mass is 15.3. The first kappa shape index (κ1) is 17.5. The molecule has 0 N–H and O–H groups in total. The summed E-state index contributed by atoms with van der Waals surface area (Å²) in [6.45, 7) is 19.6. The van der Waals surface area contributed by atoms with Crippen LogP contribution in [0.5, 0.6) is 0 Å². The van der Waals surface area contributed by atoms with E-state index in [1.807, 2.05) is 0 Å². The third-order valence-corrected chi connectivity index (χ3v) is 3.81. The number of nitrogens with zero attached hydrogens (tertiary/aromatic N) is 2. The predicted molar refractivity (Wildman–Crippen MR) is 88.8 cm³/mol. The quantitative estimate of drug-likeness (QED) is 0.572. The lowest BCUT2D eigenvalue weighted by Gasteiger charge is -2.42. The van der Waals surface area contributed by atoms with Gasteiger partial charge in [-0.3, -0.25) is 4.90 Å². The second-order valence-electron chi connectivity index (χ2n) is 8.01. The molecular formula is C18H34N2. The maximum atomic E-state index is 3.31. The third-order valence-electron chi connectivity index (χ3n) is 3.81. The summed E-state index contributed by atoms with van der Waals surface area (Å²) in [4.78, 5) is 5.21. The van der Waals surface area contributed by atoms with E-state index >= 15 is 0 Å². The van der Waals surface area contributed by atoms with Crippen molar-refractivity contribution < 1.29 is 0 Å². The van der Waals surface area contributed by atoms with Crippen molar-refractivity contribution in [1.82, 2.24) is 9.80 Å². The monoisotopic (exact) mass is 278 g/mol. The molecule has 0 aromatic heterocycles. The van der Waals surface area contributed by atoms with Gasteiger partial charge >= 0.3 is 0 Å². The fraction of sp³-hybridized carbons (Fsp3) is 0.889. The molecule has 0 saturated carbocycles. The Bertz CT molecular complexity index is 327. The fourth-order valence-electron chi connectivity index (χ4n) is 2.52. The molecule has 20 heavy (non-hydrogen) atoms. The minimum atomic E-state index is 0.156. The van der Waals surface area contributed by atoms with Crippen LogP contribution < -0.4 is 0 Å². The van der Waals surface area contributed by atoms with Crippen molar-refractivity contribution >= 4 is 0 Å². The summed E-state index contributed by atoms with van der Waals surface area (Å²) in [6, 6.07) is 0. The Balaban J connectivity index is 2.12. The van der Waals surface area contributed by atoms with Gasteiger partial charge < -0.3 is 4.90 Å². The van der Waals surface area contributed by atoms with Crippen molar-refractivity contribution in [3.05, 3.63) is 0 Å². The molecule has 116 valence electrons. The smallest absolute Gasteiger partial charge is 0.0230 e. The second kappa shape index (κ2) is 7.48. The molecule has 0 spiro atoms. The normalized spacial score (nSPS) is 18.7. The molecule has 1 saturated heterocycles. The molecule has 0 bridgehead atoms. The lowest BCUT2D eigenvalue weighted by Crippen LogP contribution is -2.53. The van der Waals surface area contributed by atoms with Crippen molar-refractivity contribution in [1.29, 1.82) is 0 Å². The summed E-state index contributed by atoms with van der Waals surface area (Å²) in [5.41, 5.74) is 0.484. The zero-order valence-electron chi connectivity index (χ0n) is 14.6. The fourth-order valence-corrected chi connectivity index (χ4v) is 2.52. The number of unbranched alkanes of at least 4 members (excludes halogenated alkanes) is 2. The second-order valence-corrected chi connectivity index (χ2v) is 8.01. The first-order valence-corrected chi connectivity index (χ1v) is 8.16. The van der Waals surface area contributed by atoms with E-state index in [4.69, 9.17) is 0 Å². The Morgan fingerprint density at radius 1 is 0.850 bits per heavy atom. The summed E-state index contributed by atoms with van der Waals surface area (Å²) in [5, 5.41) is 0. The van der Waals surface area contributed by atoms with Gasteiger partial charge in [-0.15, -0.1) is 5.92 Å². The highest BCUT2D eigenvalue weighted by Crippen LogP contribution is 2.16. The van der Waals surface area contributed by atoms with Crippen LogP contribution in [0, 0.1) is 17.3 Å². The molecule has 0 aromatic rings. The van der Waals surface area contributed by atoms with Crippen molar-refractivity contribution in [2.45, 2.75) is 66.3 Å². The van der Waals surface area contributed by atoms with Crippen LogP contribution in [0.15, 0.2) is 0 Å². The van der Waals surface area contributed by atoms with Crippen molar-refractivity contribution in [2.24, 2.45) is 5.41 Å². The zero-order valence-corrected chi connectivity index (χ0v) is 14.6. The van der Waals surface area contributed by atoms with Crippen LogP contribution in [0.4, 0.5) is 0 Å². The van der Waals surface area contributed by atoms with Gasteiger partial charge in [0.25, 0.3) is 0 Å². The van der Waals surface area contributed by atoms with Gasteiger partial charge in [-0.2, -0.15) is 0 Å². The standard InChI is InChI=1S/C18H34N2/c1-17(2,3)11-9-7-8-10-12-19-13-15-20(16-14-19)18(4,5)6/h7-8,10,12-16H2,1-6H3. The summed E-state index contributed by atoms with van der Waals surface area (Å²) in [6.07, 6.45) is 3.58. The number of rotatable bonds is 4. The van der Waals surface area contributed by atoms with Gasteiger partial charge in [-0.05, 0) is 60.9 Å². The molecule has 0 aromatic carbocycles. The molecule has 1 aliphatic heterocycles. The van der Waals surface area contributed by atoms with E-state index in [0.717, 1.165) is 6.42 Å². The molecule has 2 heteroatoms. The lowest BCUT2D eigenvalue weighted by atomic mass is 9.98. The van der Waals surface area contributed by atoms with Gasteiger partial charge in [0.05, 0.1) is 0 Å². The number of piperazine rings is 1. The molecule has 1 heterocycles. The minimum Gasteiger partial charge on any atom is -0.301 e. The molecule has 0 amide bonds. The topological polar surface area (TPSA) is 6.48 Å². The Labute approximate surface area is 126 Å². The Hall–Kier alpha value is -0.520. The van der Waals surface area contributed by atoms with E-state index in [0.29, 0.717) is 5.54 Å². The van der Waals surface area contributed by atoms with Crippen LogP contribution in [-0.2, 0) is 0 Å². The van der Waals surface area contributed by atoms with Crippen molar-refractivity contribution in [3.63, 3.8) is 0 Å². The van der Waals surface area contributed by atoms with Gasteiger partial charge in [-0.25, -0.2) is 0 Å². The summed E-state index contributed by atoms with van der Waals surface area (Å²) in [7, 11) is 0. The van der Waals surface area contributed by atoms with E-state index in [-0.39, 0.29) is 5.41 Å². The van der Waals surface area contributed by atoms with E-state index < -0.39 is 0 Å². The molecule has 0 aliphatic carbocycles. The zero-order chi connectivity index (χ0) is 15.2. The van der Waals surface area contributed by atoms with Crippen LogP contribution in [0.2, 0.25) is 0 Å². The molecule has 2 nitrogen and oxygen atoms in total. The first-order valence-electron chi connectivity index (χ1n) is 8.16. The summed E-state index contributed by atoms with van der Waals surface area (Å²) < 4.78 is 0. The van der Waals surface area contributed by atoms with Crippen LogP contribution in [0.3, 0.4) is 0 Å². The largest absolute Gasteiger partial charge is 0.301 e. The maximum Gasteiger partial charge on any atom is 0.0230 e. The average Bonchev–Trinajstić information content (AvgIpc) is 2.32. The number of hydrogen-bond donors (Lipinski definition) is 0. The van der Waals surface area contributed by atoms with E-state index in [1.54, 1.807) is 0 Å². The van der Waals surface area contributed by atoms with Crippen LogP contribution in [0.1, 0.15) is 60.8 Å². The molecule has 1 rings (SSSR count). The van der Waals surface area contributed by atoms with Gasteiger partial charge in [0.1, 0.15) is 0 Å². The molecule has 1 aliphatic rings. The molecule has 0 radical (unpaired) electrons. The Morgan fingerprint density at radius 2 is 1.45 bits per heavy atom. The van der Waals surface area contributed by atoms with Crippen LogP contribution in [0.25, 0.3) is 0 Å². The van der Waals surface area contributed by atoms with Crippen LogP contribution in [-0.4, -0.2) is 48.1 Å². The molecule has 1 fully saturated rings. The Morgan fingerprint density at radius 3 is 1.95 bits per heavy atom. The lowest BCUT2D eigenvalue weighted by molar-refractivity contribution is 0.0617. The van der Waals surface area contributed by atoms with Gasteiger partial charge in [-0.1, -0.05) is 5.92 Å². The third kappa shape index (κ3) is 7.31. The van der Waals surface area contributed by atoms with Gasteiger partial charge in [0, 0.05) is 43.6 Å².